The number of nitrogens with zero attached hydrogens (tertiary/aromatic N) is 2. The fourth-order valence-electron chi connectivity index (χ4n) is 1.93. The zero-order valence-corrected chi connectivity index (χ0v) is 10.6. The molecule has 1 unspecified atom stereocenters. The van der Waals surface area contributed by atoms with Crippen LogP contribution in [0.15, 0.2) is 0 Å². The minimum Gasteiger partial charge on any atom is -0.289 e. The van der Waals surface area contributed by atoms with Crippen molar-refractivity contribution in [3.63, 3.8) is 0 Å². The van der Waals surface area contributed by atoms with Crippen molar-refractivity contribution in [1.82, 2.24) is 4.90 Å². The van der Waals surface area contributed by atoms with Gasteiger partial charge in [0.25, 0.3) is 0 Å². The predicted octanol–water partition coefficient (Wildman–Crippen LogP) is 3.58. The second kappa shape index (κ2) is 9.98. The molecule has 0 saturated heterocycles. The van der Waals surface area contributed by atoms with Crippen molar-refractivity contribution in [2.75, 3.05) is 13.1 Å². The molecule has 0 amide bonds. The van der Waals surface area contributed by atoms with E-state index in [1.807, 2.05) is 0 Å². The van der Waals surface area contributed by atoms with Crippen molar-refractivity contribution in [3.05, 3.63) is 0 Å². The van der Waals surface area contributed by atoms with Gasteiger partial charge in [-0.15, -0.1) is 0 Å². The molecule has 2 nitrogen and oxygen atoms in total. The van der Waals surface area contributed by atoms with Crippen molar-refractivity contribution in [2.24, 2.45) is 0 Å². The summed E-state index contributed by atoms with van der Waals surface area (Å²) in [6.07, 6.45) is 7.48. The lowest BCUT2D eigenvalue weighted by atomic mass is 10.1. The van der Waals surface area contributed by atoms with E-state index in [2.05, 4.69) is 31.7 Å². The smallest absolute Gasteiger partial charge is 0.0977 e. The molecule has 0 aromatic rings. The highest BCUT2D eigenvalue weighted by molar-refractivity contribution is 4.90. The zero-order valence-electron chi connectivity index (χ0n) is 10.6. The van der Waals surface area contributed by atoms with Crippen molar-refractivity contribution < 1.29 is 0 Å². The number of nitriles is 1. The lowest BCUT2D eigenvalue weighted by Crippen LogP contribution is -2.33. The molecule has 0 aliphatic heterocycles. The Kier molecular flexibility index (Phi) is 9.62. The Morgan fingerprint density at radius 3 is 2.07 bits per heavy atom. The first-order valence-corrected chi connectivity index (χ1v) is 6.43. The van der Waals surface area contributed by atoms with Gasteiger partial charge in [0.05, 0.1) is 12.1 Å². The summed E-state index contributed by atoms with van der Waals surface area (Å²) in [7, 11) is 0. The maximum absolute atomic E-state index is 9.07. The molecule has 15 heavy (non-hydrogen) atoms. The Balaban J connectivity index is 3.66. The third-order valence-corrected chi connectivity index (χ3v) is 2.98. The molecule has 0 heterocycles. The molecule has 1 atom stereocenters. The maximum atomic E-state index is 9.07. The monoisotopic (exact) mass is 210 g/mol. The summed E-state index contributed by atoms with van der Waals surface area (Å²) >= 11 is 0. The number of unbranched alkanes of at least 4 members (excludes halogenated alkanes) is 4. The number of hydrogen-bond acceptors (Lipinski definition) is 2. The number of hydrogen-bond donors (Lipinski definition) is 0. The highest BCUT2D eigenvalue weighted by atomic mass is 15.1. The van der Waals surface area contributed by atoms with Gasteiger partial charge in [0.1, 0.15) is 0 Å². The van der Waals surface area contributed by atoms with Gasteiger partial charge in [0.2, 0.25) is 0 Å². The maximum Gasteiger partial charge on any atom is 0.0977 e. The van der Waals surface area contributed by atoms with Crippen molar-refractivity contribution in [2.45, 2.75) is 65.3 Å². The van der Waals surface area contributed by atoms with Crippen LogP contribution in [0, 0.1) is 11.3 Å². The molecule has 0 saturated carbocycles. The quantitative estimate of drug-likeness (QED) is 0.544. The first-order chi connectivity index (χ1) is 7.29. The normalized spacial score (nSPS) is 12.7. The Morgan fingerprint density at radius 1 is 1.00 bits per heavy atom. The molecule has 0 bridgehead atoms. The summed E-state index contributed by atoms with van der Waals surface area (Å²) in [6.45, 7) is 8.47. The van der Waals surface area contributed by atoms with Crippen LogP contribution >= 0.6 is 0 Å². The van der Waals surface area contributed by atoms with Crippen LogP contribution in [0.2, 0.25) is 0 Å². The lowest BCUT2D eigenvalue weighted by Gasteiger charge is -2.23. The van der Waals surface area contributed by atoms with E-state index in [4.69, 9.17) is 5.26 Å². The topological polar surface area (TPSA) is 27.0 Å². The lowest BCUT2D eigenvalue weighted by molar-refractivity contribution is 0.244. The van der Waals surface area contributed by atoms with Crippen molar-refractivity contribution >= 4 is 0 Å². The molecule has 0 spiro atoms. The van der Waals surface area contributed by atoms with E-state index >= 15 is 0 Å². The van der Waals surface area contributed by atoms with Gasteiger partial charge in [-0.2, -0.15) is 5.26 Å². The summed E-state index contributed by atoms with van der Waals surface area (Å²) in [6, 6.07) is 2.56. The summed E-state index contributed by atoms with van der Waals surface area (Å²) in [5.74, 6) is 0. The summed E-state index contributed by atoms with van der Waals surface area (Å²) < 4.78 is 0. The number of rotatable bonds is 9. The van der Waals surface area contributed by atoms with E-state index in [0.717, 1.165) is 19.5 Å². The molecule has 0 aromatic heterocycles. The first kappa shape index (κ1) is 14.5. The van der Waals surface area contributed by atoms with Crippen LogP contribution in [0.3, 0.4) is 0 Å². The molecule has 0 fully saturated rings. The molecule has 0 aliphatic carbocycles. The minimum absolute atomic E-state index is 0.140. The Hall–Kier alpha value is -0.550. The highest BCUT2D eigenvalue weighted by Crippen LogP contribution is 2.11. The van der Waals surface area contributed by atoms with Gasteiger partial charge in [-0.1, -0.05) is 52.9 Å². The van der Waals surface area contributed by atoms with Crippen molar-refractivity contribution in [3.8, 4) is 6.07 Å². The second-order valence-electron chi connectivity index (χ2n) is 4.07. The fraction of sp³-hybridized carbons (Fsp3) is 0.923. The Morgan fingerprint density at radius 2 is 1.60 bits per heavy atom. The third-order valence-electron chi connectivity index (χ3n) is 2.98. The van der Waals surface area contributed by atoms with Crippen LogP contribution in [0.5, 0.6) is 0 Å². The SMILES string of the molecule is CCCCCCCC(C#N)N(CC)CC. The van der Waals surface area contributed by atoms with Gasteiger partial charge in [-0.3, -0.25) is 4.90 Å². The molecule has 0 radical (unpaired) electrons. The fourth-order valence-corrected chi connectivity index (χ4v) is 1.93. The molecule has 0 N–H and O–H groups in total. The van der Waals surface area contributed by atoms with Crippen LogP contribution in [0.4, 0.5) is 0 Å². The van der Waals surface area contributed by atoms with Gasteiger partial charge >= 0.3 is 0 Å². The highest BCUT2D eigenvalue weighted by Gasteiger charge is 2.13. The Labute approximate surface area is 95.3 Å². The average molecular weight is 210 g/mol. The molecule has 0 aliphatic rings. The summed E-state index contributed by atoms with van der Waals surface area (Å²) in [5.41, 5.74) is 0. The van der Waals surface area contributed by atoms with E-state index in [1.54, 1.807) is 0 Å². The Bertz CT molecular complexity index is 168. The largest absolute Gasteiger partial charge is 0.289 e. The third kappa shape index (κ3) is 6.52. The van der Waals surface area contributed by atoms with Crippen LogP contribution in [-0.2, 0) is 0 Å². The second-order valence-corrected chi connectivity index (χ2v) is 4.07. The van der Waals surface area contributed by atoms with E-state index in [-0.39, 0.29) is 6.04 Å². The molecular weight excluding hydrogens is 184 g/mol. The molecule has 0 rings (SSSR count). The van der Waals surface area contributed by atoms with Crippen LogP contribution < -0.4 is 0 Å². The van der Waals surface area contributed by atoms with E-state index in [0.29, 0.717) is 0 Å². The molecule has 0 aromatic carbocycles. The van der Waals surface area contributed by atoms with Crippen molar-refractivity contribution in [1.29, 1.82) is 5.26 Å². The molecule has 2 heteroatoms. The average Bonchev–Trinajstić information content (AvgIpc) is 2.27. The summed E-state index contributed by atoms with van der Waals surface area (Å²) in [5, 5.41) is 9.07. The van der Waals surface area contributed by atoms with E-state index in [1.165, 1.54) is 32.1 Å². The van der Waals surface area contributed by atoms with E-state index < -0.39 is 0 Å². The minimum atomic E-state index is 0.140. The van der Waals surface area contributed by atoms with Gasteiger partial charge < -0.3 is 0 Å². The van der Waals surface area contributed by atoms with Gasteiger partial charge in [-0.25, -0.2) is 0 Å². The molecule has 88 valence electrons. The van der Waals surface area contributed by atoms with E-state index in [9.17, 15) is 0 Å². The van der Waals surface area contributed by atoms with Gasteiger partial charge in [-0.05, 0) is 19.5 Å². The van der Waals surface area contributed by atoms with Crippen LogP contribution in [-0.4, -0.2) is 24.0 Å². The predicted molar refractivity (Wildman–Crippen MR) is 65.7 cm³/mol. The zero-order chi connectivity index (χ0) is 11.5. The van der Waals surface area contributed by atoms with Crippen LogP contribution in [0.1, 0.15) is 59.3 Å². The molecular formula is C13H26N2. The van der Waals surface area contributed by atoms with Gasteiger partial charge in [0, 0.05) is 0 Å². The first-order valence-electron chi connectivity index (χ1n) is 6.43. The standard InChI is InChI=1S/C13H26N2/c1-4-7-8-9-10-11-13(12-14)15(5-2)6-3/h13H,4-11H2,1-3H3. The van der Waals surface area contributed by atoms with Gasteiger partial charge in [0.15, 0.2) is 0 Å². The van der Waals surface area contributed by atoms with Crippen LogP contribution in [0.25, 0.3) is 0 Å². The summed E-state index contributed by atoms with van der Waals surface area (Å²) in [4.78, 5) is 2.25.